The fraction of sp³-hybridized carbons (Fsp3) is 0.400. The molecule has 0 unspecified atom stereocenters. The van der Waals surface area contributed by atoms with Crippen LogP contribution in [0, 0.1) is 0 Å². The third-order valence-electron chi connectivity index (χ3n) is 3.09. The minimum absolute atomic E-state index is 0.124. The summed E-state index contributed by atoms with van der Waals surface area (Å²) in [6.07, 6.45) is 0.852. The summed E-state index contributed by atoms with van der Waals surface area (Å²) in [4.78, 5) is 23.7. The number of aromatic nitrogens is 4. The lowest BCUT2D eigenvalue weighted by molar-refractivity contribution is -0.127. The van der Waals surface area contributed by atoms with Gasteiger partial charge in [-0.15, -0.1) is 5.10 Å². The van der Waals surface area contributed by atoms with Gasteiger partial charge in [0, 0.05) is 6.54 Å². The molecule has 2 aromatic rings. The van der Waals surface area contributed by atoms with Crippen LogP contribution in [0.4, 0.5) is 0 Å². The molecule has 8 nitrogen and oxygen atoms in total. The SMILES string of the molecule is CCCNC(=O)[C@@H](C)NC(=O)CSc1nnnn1-c1ccccc1. The number of thioether (sulfide) groups is 1. The Morgan fingerprint density at radius 3 is 2.75 bits per heavy atom. The highest BCUT2D eigenvalue weighted by molar-refractivity contribution is 7.99. The molecule has 9 heteroatoms. The average molecular weight is 348 g/mol. The van der Waals surface area contributed by atoms with Gasteiger partial charge in [0.2, 0.25) is 17.0 Å². The predicted octanol–water partition coefficient (Wildman–Crippen LogP) is 0.785. The molecule has 1 atom stereocenters. The highest BCUT2D eigenvalue weighted by Gasteiger charge is 2.16. The zero-order chi connectivity index (χ0) is 17.4. The first-order valence-electron chi connectivity index (χ1n) is 7.65. The maximum absolute atomic E-state index is 12.0. The van der Waals surface area contributed by atoms with Crippen LogP contribution in [0.25, 0.3) is 5.69 Å². The van der Waals surface area contributed by atoms with Crippen molar-refractivity contribution in [3.63, 3.8) is 0 Å². The van der Waals surface area contributed by atoms with Crippen LogP contribution in [0.5, 0.6) is 0 Å². The quantitative estimate of drug-likeness (QED) is 0.684. The molecular formula is C15H20N6O2S. The van der Waals surface area contributed by atoms with Crippen molar-refractivity contribution in [3.8, 4) is 5.69 Å². The van der Waals surface area contributed by atoms with E-state index in [1.807, 2.05) is 37.3 Å². The molecule has 1 aromatic heterocycles. The van der Waals surface area contributed by atoms with Crippen molar-refractivity contribution < 1.29 is 9.59 Å². The first-order valence-corrected chi connectivity index (χ1v) is 8.64. The highest BCUT2D eigenvalue weighted by Crippen LogP contribution is 2.17. The van der Waals surface area contributed by atoms with Crippen LogP contribution in [0.1, 0.15) is 20.3 Å². The van der Waals surface area contributed by atoms with Gasteiger partial charge in [-0.05, 0) is 35.9 Å². The fourth-order valence-electron chi connectivity index (χ4n) is 1.88. The largest absolute Gasteiger partial charge is 0.354 e. The first kappa shape index (κ1) is 17.9. The van der Waals surface area contributed by atoms with Crippen LogP contribution in [0.2, 0.25) is 0 Å². The molecule has 2 N–H and O–H groups in total. The molecule has 0 aliphatic rings. The Bertz CT molecular complexity index is 676. The van der Waals surface area contributed by atoms with Crippen LogP contribution < -0.4 is 10.6 Å². The molecule has 0 aliphatic heterocycles. The van der Waals surface area contributed by atoms with Gasteiger partial charge < -0.3 is 10.6 Å². The lowest BCUT2D eigenvalue weighted by Gasteiger charge is -2.13. The van der Waals surface area contributed by atoms with Gasteiger partial charge in [-0.3, -0.25) is 9.59 Å². The topological polar surface area (TPSA) is 102 Å². The van der Waals surface area contributed by atoms with E-state index in [9.17, 15) is 9.59 Å². The van der Waals surface area contributed by atoms with E-state index in [4.69, 9.17) is 0 Å². The maximum atomic E-state index is 12.0. The molecule has 24 heavy (non-hydrogen) atoms. The minimum atomic E-state index is -0.574. The minimum Gasteiger partial charge on any atom is -0.354 e. The molecule has 0 saturated heterocycles. The first-order chi connectivity index (χ1) is 11.6. The summed E-state index contributed by atoms with van der Waals surface area (Å²) >= 11 is 1.21. The van der Waals surface area contributed by atoms with Crippen molar-refractivity contribution in [2.45, 2.75) is 31.5 Å². The molecule has 0 saturated carbocycles. The Balaban J connectivity index is 1.87. The van der Waals surface area contributed by atoms with Crippen LogP contribution in [0.3, 0.4) is 0 Å². The summed E-state index contributed by atoms with van der Waals surface area (Å²) in [5.41, 5.74) is 0.817. The molecule has 1 heterocycles. The number of nitrogens with one attached hydrogen (secondary N) is 2. The molecular weight excluding hydrogens is 328 g/mol. The number of carbonyl (C=O) groups is 2. The number of rotatable bonds is 8. The second-order valence-electron chi connectivity index (χ2n) is 5.08. The van der Waals surface area contributed by atoms with Crippen molar-refractivity contribution >= 4 is 23.6 Å². The lowest BCUT2D eigenvalue weighted by Crippen LogP contribution is -2.45. The Hall–Kier alpha value is -2.42. The van der Waals surface area contributed by atoms with Crippen molar-refractivity contribution in [1.82, 2.24) is 30.8 Å². The second-order valence-corrected chi connectivity index (χ2v) is 6.02. The standard InChI is InChI=1S/C15H20N6O2S/c1-3-9-16-14(23)11(2)17-13(22)10-24-15-18-19-20-21(15)12-7-5-4-6-8-12/h4-8,11H,3,9-10H2,1-2H3,(H,16,23)(H,17,22)/t11-/m1/s1. The van der Waals surface area contributed by atoms with E-state index < -0.39 is 6.04 Å². The smallest absolute Gasteiger partial charge is 0.242 e. The van der Waals surface area contributed by atoms with E-state index >= 15 is 0 Å². The summed E-state index contributed by atoms with van der Waals surface area (Å²) in [6.45, 7) is 4.22. The van der Waals surface area contributed by atoms with Crippen molar-refractivity contribution in [3.05, 3.63) is 30.3 Å². The molecule has 1 aromatic carbocycles. The number of benzene rings is 1. The third kappa shape index (κ3) is 5.05. The number of hydrogen-bond acceptors (Lipinski definition) is 6. The van der Waals surface area contributed by atoms with Gasteiger partial charge in [0.15, 0.2) is 0 Å². The number of para-hydroxylation sites is 1. The van der Waals surface area contributed by atoms with Crippen molar-refractivity contribution in [2.75, 3.05) is 12.3 Å². The van der Waals surface area contributed by atoms with E-state index in [1.54, 1.807) is 11.6 Å². The average Bonchev–Trinajstić information content (AvgIpc) is 3.07. The van der Waals surface area contributed by atoms with Crippen LogP contribution >= 0.6 is 11.8 Å². The molecule has 0 aliphatic carbocycles. The number of carbonyl (C=O) groups excluding carboxylic acids is 2. The van der Waals surface area contributed by atoms with E-state index in [-0.39, 0.29) is 17.6 Å². The lowest BCUT2D eigenvalue weighted by atomic mass is 10.3. The Kier molecular flexibility index (Phi) is 6.74. The monoisotopic (exact) mass is 348 g/mol. The number of tetrazole rings is 1. The Morgan fingerprint density at radius 1 is 1.29 bits per heavy atom. The van der Waals surface area contributed by atoms with Gasteiger partial charge in [0.25, 0.3) is 0 Å². The third-order valence-corrected chi connectivity index (χ3v) is 4.01. The van der Waals surface area contributed by atoms with Crippen LogP contribution in [-0.2, 0) is 9.59 Å². The number of amides is 2. The van der Waals surface area contributed by atoms with Gasteiger partial charge in [0.1, 0.15) is 6.04 Å². The zero-order valence-electron chi connectivity index (χ0n) is 13.6. The predicted molar refractivity (Wildman–Crippen MR) is 90.8 cm³/mol. The fourth-order valence-corrected chi connectivity index (χ4v) is 2.58. The molecule has 0 fully saturated rings. The Labute approximate surface area is 144 Å². The van der Waals surface area contributed by atoms with Crippen molar-refractivity contribution in [1.29, 1.82) is 0 Å². The molecule has 128 valence electrons. The van der Waals surface area contributed by atoms with Gasteiger partial charge in [-0.2, -0.15) is 4.68 Å². The van der Waals surface area contributed by atoms with E-state index in [2.05, 4.69) is 26.2 Å². The molecule has 0 bridgehead atoms. The van der Waals surface area contributed by atoms with Gasteiger partial charge >= 0.3 is 0 Å². The maximum Gasteiger partial charge on any atom is 0.242 e. The number of hydrogen-bond donors (Lipinski definition) is 2. The van der Waals surface area contributed by atoms with Gasteiger partial charge in [0.05, 0.1) is 11.4 Å². The molecule has 2 rings (SSSR count). The molecule has 0 radical (unpaired) electrons. The normalized spacial score (nSPS) is 11.8. The number of nitrogens with zero attached hydrogens (tertiary/aromatic N) is 4. The van der Waals surface area contributed by atoms with Gasteiger partial charge in [-0.1, -0.05) is 36.9 Å². The summed E-state index contributed by atoms with van der Waals surface area (Å²) in [5.74, 6) is -0.315. The molecule has 0 spiro atoms. The second kappa shape index (κ2) is 9.02. The van der Waals surface area contributed by atoms with Crippen molar-refractivity contribution in [2.24, 2.45) is 0 Å². The van der Waals surface area contributed by atoms with E-state index in [0.717, 1.165) is 12.1 Å². The van der Waals surface area contributed by atoms with Crippen LogP contribution in [0.15, 0.2) is 35.5 Å². The summed E-state index contributed by atoms with van der Waals surface area (Å²) in [7, 11) is 0. The van der Waals surface area contributed by atoms with Gasteiger partial charge in [-0.25, -0.2) is 0 Å². The highest BCUT2D eigenvalue weighted by atomic mass is 32.2. The summed E-state index contributed by atoms with van der Waals surface area (Å²) in [6, 6.07) is 8.85. The van der Waals surface area contributed by atoms with E-state index in [1.165, 1.54) is 11.8 Å². The van der Waals surface area contributed by atoms with Crippen LogP contribution in [-0.4, -0.2) is 50.4 Å². The Morgan fingerprint density at radius 2 is 2.04 bits per heavy atom. The molecule has 2 amide bonds. The summed E-state index contributed by atoms with van der Waals surface area (Å²) < 4.78 is 1.56. The summed E-state index contributed by atoms with van der Waals surface area (Å²) in [5, 5.41) is 17.4. The zero-order valence-corrected chi connectivity index (χ0v) is 14.4. The van der Waals surface area contributed by atoms with E-state index in [0.29, 0.717) is 11.7 Å².